The number of benzene rings is 1. The van der Waals surface area contributed by atoms with E-state index in [-0.39, 0.29) is 19.4 Å². The first kappa shape index (κ1) is 10.7. The van der Waals surface area contributed by atoms with Crippen molar-refractivity contribution in [2.45, 2.75) is 12.5 Å². The fourth-order valence-electron chi connectivity index (χ4n) is 1.60. The standard InChI is InChI=1S/C10H12BrNO3/c11-6-1-2-8-10(15-5-14-8)9(6)7(12)3-4-13/h1-2,7,13H,3-5,12H2. The van der Waals surface area contributed by atoms with E-state index in [2.05, 4.69) is 15.9 Å². The summed E-state index contributed by atoms with van der Waals surface area (Å²) in [5, 5.41) is 8.87. The summed E-state index contributed by atoms with van der Waals surface area (Å²) in [6.07, 6.45) is 0.498. The van der Waals surface area contributed by atoms with Gasteiger partial charge in [-0.05, 0) is 18.6 Å². The molecule has 1 heterocycles. The minimum atomic E-state index is -0.249. The van der Waals surface area contributed by atoms with Crippen molar-refractivity contribution >= 4 is 15.9 Å². The Kier molecular flexibility index (Phi) is 3.14. The van der Waals surface area contributed by atoms with Crippen molar-refractivity contribution in [3.8, 4) is 11.5 Å². The molecule has 0 aliphatic carbocycles. The smallest absolute Gasteiger partial charge is 0.231 e. The molecule has 1 aliphatic rings. The molecular formula is C10H12BrNO3. The van der Waals surface area contributed by atoms with Gasteiger partial charge in [0, 0.05) is 22.7 Å². The van der Waals surface area contributed by atoms with E-state index in [9.17, 15) is 0 Å². The monoisotopic (exact) mass is 273 g/mol. The summed E-state index contributed by atoms with van der Waals surface area (Å²) in [4.78, 5) is 0. The predicted molar refractivity (Wildman–Crippen MR) is 58.9 cm³/mol. The Morgan fingerprint density at radius 3 is 3.00 bits per heavy atom. The summed E-state index contributed by atoms with van der Waals surface area (Å²) >= 11 is 3.42. The zero-order valence-electron chi connectivity index (χ0n) is 8.07. The van der Waals surface area contributed by atoms with Gasteiger partial charge in [0.2, 0.25) is 6.79 Å². The van der Waals surface area contributed by atoms with Crippen LogP contribution in [0.25, 0.3) is 0 Å². The summed E-state index contributed by atoms with van der Waals surface area (Å²) < 4.78 is 11.5. The molecule has 1 aromatic carbocycles. The molecule has 2 rings (SSSR count). The summed E-state index contributed by atoms with van der Waals surface area (Å²) in [5.74, 6) is 1.40. The van der Waals surface area contributed by atoms with Gasteiger partial charge in [0.1, 0.15) is 0 Å². The largest absolute Gasteiger partial charge is 0.454 e. The van der Waals surface area contributed by atoms with Gasteiger partial charge in [-0.2, -0.15) is 0 Å². The molecule has 0 fully saturated rings. The third-order valence-corrected chi connectivity index (χ3v) is 3.03. The van der Waals surface area contributed by atoms with Crippen molar-refractivity contribution in [2.24, 2.45) is 5.73 Å². The molecule has 15 heavy (non-hydrogen) atoms. The molecule has 0 saturated heterocycles. The van der Waals surface area contributed by atoms with Crippen LogP contribution in [0.1, 0.15) is 18.0 Å². The van der Waals surface area contributed by atoms with Crippen molar-refractivity contribution in [2.75, 3.05) is 13.4 Å². The maximum Gasteiger partial charge on any atom is 0.231 e. The van der Waals surface area contributed by atoms with E-state index in [1.807, 2.05) is 12.1 Å². The van der Waals surface area contributed by atoms with Gasteiger partial charge >= 0.3 is 0 Å². The lowest BCUT2D eigenvalue weighted by atomic mass is 10.0. The van der Waals surface area contributed by atoms with Crippen LogP contribution >= 0.6 is 15.9 Å². The number of hydrogen-bond acceptors (Lipinski definition) is 4. The summed E-state index contributed by atoms with van der Waals surface area (Å²) in [6, 6.07) is 3.46. The number of aliphatic hydroxyl groups excluding tert-OH is 1. The molecule has 5 heteroatoms. The number of hydrogen-bond donors (Lipinski definition) is 2. The Labute approximate surface area is 96.1 Å². The Morgan fingerprint density at radius 1 is 1.47 bits per heavy atom. The van der Waals surface area contributed by atoms with Gasteiger partial charge in [-0.15, -0.1) is 0 Å². The van der Waals surface area contributed by atoms with Crippen LogP contribution in [0.4, 0.5) is 0 Å². The van der Waals surface area contributed by atoms with Gasteiger partial charge in [-0.3, -0.25) is 0 Å². The van der Waals surface area contributed by atoms with E-state index in [1.54, 1.807) is 0 Å². The van der Waals surface area contributed by atoms with Gasteiger partial charge in [-0.25, -0.2) is 0 Å². The van der Waals surface area contributed by atoms with Crippen LogP contribution in [-0.2, 0) is 0 Å². The van der Waals surface area contributed by atoms with Gasteiger partial charge in [0.05, 0.1) is 0 Å². The first-order valence-corrected chi connectivity index (χ1v) is 5.47. The number of aliphatic hydroxyl groups is 1. The lowest BCUT2D eigenvalue weighted by Gasteiger charge is -2.14. The quantitative estimate of drug-likeness (QED) is 0.878. The van der Waals surface area contributed by atoms with Gasteiger partial charge in [0.15, 0.2) is 11.5 Å². The highest BCUT2D eigenvalue weighted by Crippen LogP contribution is 2.42. The molecule has 82 valence electrons. The van der Waals surface area contributed by atoms with E-state index < -0.39 is 0 Å². The summed E-state index contributed by atoms with van der Waals surface area (Å²) in [7, 11) is 0. The molecular weight excluding hydrogens is 262 g/mol. The predicted octanol–water partition coefficient (Wildman–Crippen LogP) is 1.56. The molecule has 0 amide bonds. The molecule has 0 aromatic heterocycles. The zero-order chi connectivity index (χ0) is 10.8. The van der Waals surface area contributed by atoms with E-state index in [0.717, 1.165) is 10.0 Å². The number of nitrogens with two attached hydrogens (primary N) is 1. The number of ether oxygens (including phenoxy) is 2. The minimum absolute atomic E-state index is 0.0537. The first-order valence-electron chi connectivity index (χ1n) is 4.68. The average Bonchev–Trinajstić information content (AvgIpc) is 2.65. The zero-order valence-corrected chi connectivity index (χ0v) is 9.66. The molecule has 4 nitrogen and oxygen atoms in total. The maximum absolute atomic E-state index is 8.87. The Bertz CT molecular complexity index is 370. The number of rotatable bonds is 3. The van der Waals surface area contributed by atoms with Crippen LogP contribution in [0.15, 0.2) is 16.6 Å². The van der Waals surface area contributed by atoms with Gasteiger partial charge in [0.25, 0.3) is 0 Å². The molecule has 3 N–H and O–H groups in total. The van der Waals surface area contributed by atoms with Crippen LogP contribution in [0, 0.1) is 0 Å². The topological polar surface area (TPSA) is 64.7 Å². The molecule has 1 unspecified atom stereocenters. The lowest BCUT2D eigenvalue weighted by Crippen LogP contribution is -2.13. The second kappa shape index (κ2) is 4.38. The second-order valence-corrected chi connectivity index (χ2v) is 4.17. The number of fused-ring (bicyclic) bond motifs is 1. The van der Waals surface area contributed by atoms with Crippen molar-refractivity contribution < 1.29 is 14.6 Å². The maximum atomic E-state index is 8.87. The van der Waals surface area contributed by atoms with Crippen molar-refractivity contribution in [1.29, 1.82) is 0 Å². The highest BCUT2D eigenvalue weighted by Gasteiger charge is 2.23. The minimum Gasteiger partial charge on any atom is -0.454 e. The fraction of sp³-hybridized carbons (Fsp3) is 0.400. The Balaban J connectivity index is 2.40. The third-order valence-electron chi connectivity index (χ3n) is 2.34. The van der Waals surface area contributed by atoms with Crippen LogP contribution in [0.3, 0.4) is 0 Å². The normalized spacial score (nSPS) is 15.4. The first-order chi connectivity index (χ1) is 7.24. The number of halogens is 1. The molecule has 0 saturated carbocycles. The Hall–Kier alpha value is -0.780. The molecule has 1 aliphatic heterocycles. The lowest BCUT2D eigenvalue weighted by molar-refractivity contribution is 0.172. The molecule has 1 atom stereocenters. The van der Waals surface area contributed by atoms with Crippen LogP contribution in [-0.4, -0.2) is 18.5 Å². The average molecular weight is 274 g/mol. The van der Waals surface area contributed by atoms with Crippen molar-refractivity contribution in [1.82, 2.24) is 0 Å². The SMILES string of the molecule is NC(CCO)c1c(Br)ccc2c1OCO2. The highest BCUT2D eigenvalue weighted by atomic mass is 79.9. The van der Waals surface area contributed by atoms with Gasteiger partial charge < -0.3 is 20.3 Å². The molecule has 1 aromatic rings. The van der Waals surface area contributed by atoms with Crippen LogP contribution < -0.4 is 15.2 Å². The van der Waals surface area contributed by atoms with Crippen LogP contribution in [0.2, 0.25) is 0 Å². The van der Waals surface area contributed by atoms with Gasteiger partial charge in [-0.1, -0.05) is 15.9 Å². The van der Waals surface area contributed by atoms with E-state index in [0.29, 0.717) is 17.9 Å². The molecule has 0 radical (unpaired) electrons. The summed E-state index contributed by atoms with van der Waals surface area (Å²) in [5.41, 5.74) is 6.81. The fourth-order valence-corrected chi connectivity index (χ4v) is 2.21. The highest BCUT2D eigenvalue weighted by molar-refractivity contribution is 9.10. The van der Waals surface area contributed by atoms with Crippen molar-refractivity contribution in [3.05, 3.63) is 22.2 Å². The van der Waals surface area contributed by atoms with E-state index >= 15 is 0 Å². The second-order valence-electron chi connectivity index (χ2n) is 3.31. The molecule has 0 bridgehead atoms. The van der Waals surface area contributed by atoms with E-state index in [1.165, 1.54) is 0 Å². The van der Waals surface area contributed by atoms with Crippen LogP contribution in [0.5, 0.6) is 11.5 Å². The Morgan fingerprint density at radius 2 is 2.27 bits per heavy atom. The summed E-state index contributed by atoms with van der Waals surface area (Å²) in [6.45, 7) is 0.281. The molecule has 0 spiro atoms. The van der Waals surface area contributed by atoms with E-state index in [4.69, 9.17) is 20.3 Å². The third kappa shape index (κ3) is 1.95. The van der Waals surface area contributed by atoms with Crippen molar-refractivity contribution in [3.63, 3.8) is 0 Å².